The molecule has 0 bridgehead atoms. The normalized spacial score (nSPS) is 15.2. The average molecular weight is 626 g/mol. The third-order valence-corrected chi connectivity index (χ3v) is 10.3. The first-order valence-corrected chi connectivity index (χ1v) is 16.9. The molecule has 2 heteroatoms. The zero-order valence-corrected chi connectivity index (χ0v) is 26.8. The van der Waals surface area contributed by atoms with Crippen LogP contribution < -0.4 is 9.64 Å². The van der Waals surface area contributed by atoms with Crippen molar-refractivity contribution in [1.82, 2.24) is 0 Å². The Bertz CT molecular complexity index is 2480. The smallest absolute Gasteiger partial charge is 0.132 e. The molecule has 0 amide bonds. The molecule has 1 aliphatic heterocycles. The molecule has 1 aliphatic carbocycles. The lowest BCUT2D eigenvalue weighted by Gasteiger charge is -2.39. The van der Waals surface area contributed by atoms with Crippen LogP contribution in [0.1, 0.15) is 22.3 Å². The molecule has 2 nitrogen and oxygen atoms in total. The molecule has 0 radical (unpaired) electrons. The summed E-state index contributed by atoms with van der Waals surface area (Å²) in [5, 5.41) is 2.39. The Morgan fingerprint density at radius 2 is 0.918 bits per heavy atom. The fraction of sp³-hybridized carbons (Fsp3) is 0.0213. The highest BCUT2D eigenvalue weighted by atomic mass is 16.5. The Labute approximate surface area is 286 Å². The van der Waals surface area contributed by atoms with Crippen molar-refractivity contribution in [2.75, 3.05) is 4.90 Å². The molecule has 10 rings (SSSR count). The molecule has 49 heavy (non-hydrogen) atoms. The van der Waals surface area contributed by atoms with E-state index >= 15 is 0 Å². The second-order valence-corrected chi connectivity index (χ2v) is 12.9. The molecule has 0 aromatic heterocycles. The van der Waals surface area contributed by atoms with Gasteiger partial charge in [-0.1, -0.05) is 133 Å². The van der Waals surface area contributed by atoms with Crippen molar-refractivity contribution in [2.24, 2.45) is 0 Å². The maximum absolute atomic E-state index is 6.72. The molecule has 0 saturated heterocycles. The molecule has 2 aliphatic rings. The minimum absolute atomic E-state index is 0.520. The van der Waals surface area contributed by atoms with Crippen molar-refractivity contribution in [2.45, 2.75) is 5.41 Å². The lowest BCUT2D eigenvalue weighted by molar-refractivity contribution is 0.437. The second-order valence-electron chi connectivity index (χ2n) is 12.9. The van der Waals surface area contributed by atoms with Crippen LogP contribution in [0.3, 0.4) is 0 Å². The average Bonchev–Trinajstić information content (AvgIpc) is 3.46. The summed E-state index contributed by atoms with van der Waals surface area (Å²) in [6.45, 7) is 0. The number of nitrogens with zero attached hydrogens (tertiary/aromatic N) is 1. The summed E-state index contributed by atoms with van der Waals surface area (Å²) in [5.41, 5.74) is 12.8. The number of hydrogen-bond donors (Lipinski definition) is 0. The Morgan fingerprint density at radius 1 is 0.367 bits per heavy atom. The van der Waals surface area contributed by atoms with Gasteiger partial charge in [0, 0.05) is 28.2 Å². The summed E-state index contributed by atoms with van der Waals surface area (Å²) in [6, 6.07) is 67.8. The van der Waals surface area contributed by atoms with Crippen molar-refractivity contribution in [1.29, 1.82) is 0 Å². The molecule has 1 atom stereocenters. The number of anilines is 3. The lowest BCUT2D eigenvalue weighted by atomic mass is 9.65. The van der Waals surface area contributed by atoms with E-state index in [2.05, 4.69) is 193 Å². The minimum Gasteiger partial charge on any atom is -0.457 e. The van der Waals surface area contributed by atoms with Gasteiger partial charge in [0.2, 0.25) is 0 Å². The Hall–Kier alpha value is -6.38. The van der Waals surface area contributed by atoms with Gasteiger partial charge in [-0.3, -0.25) is 0 Å². The van der Waals surface area contributed by atoms with Gasteiger partial charge in [-0.25, -0.2) is 0 Å². The van der Waals surface area contributed by atoms with Crippen molar-refractivity contribution in [3.63, 3.8) is 0 Å². The SMILES string of the molecule is c1ccc(N(c2ccccc2)c2ccc(-c3cccc4c3-c3ccccc3C43c4ccccc4Oc4cc5ccccc5cc43)cc2)cc1. The van der Waals surface area contributed by atoms with Gasteiger partial charge >= 0.3 is 0 Å². The number of para-hydroxylation sites is 3. The summed E-state index contributed by atoms with van der Waals surface area (Å²) in [4.78, 5) is 2.31. The van der Waals surface area contributed by atoms with Crippen LogP contribution in [0.5, 0.6) is 11.5 Å². The van der Waals surface area contributed by atoms with Crippen LogP contribution in [-0.4, -0.2) is 0 Å². The molecule has 1 unspecified atom stereocenters. The largest absolute Gasteiger partial charge is 0.457 e. The fourth-order valence-corrected chi connectivity index (χ4v) is 8.27. The van der Waals surface area contributed by atoms with Crippen molar-refractivity contribution in [3.05, 3.63) is 210 Å². The molecule has 1 heterocycles. The van der Waals surface area contributed by atoms with Crippen LogP contribution in [0.4, 0.5) is 17.1 Å². The predicted molar refractivity (Wildman–Crippen MR) is 201 cm³/mol. The van der Waals surface area contributed by atoms with Gasteiger partial charge in [0.25, 0.3) is 0 Å². The van der Waals surface area contributed by atoms with E-state index in [9.17, 15) is 0 Å². The number of benzene rings is 8. The van der Waals surface area contributed by atoms with Gasteiger partial charge in [-0.15, -0.1) is 0 Å². The van der Waals surface area contributed by atoms with Gasteiger partial charge < -0.3 is 9.64 Å². The highest BCUT2D eigenvalue weighted by Gasteiger charge is 2.51. The first-order valence-electron chi connectivity index (χ1n) is 16.9. The maximum Gasteiger partial charge on any atom is 0.132 e. The highest BCUT2D eigenvalue weighted by molar-refractivity contribution is 5.98. The quantitative estimate of drug-likeness (QED) is 0.193. The first-order chi connectivity index (χ1) is 24.3. The van der Waals surface area contributed by atoms with E-state index in [1.807, 2.05) is 0 Å². The highest BCUT2D eigenvalue weighted by Crippen LogP contribution is 2.63. The Kier molecular flexibility index (Phi) is 6.13. The van der Waals surface area contributed by atoms with E-state index in [0.717, 1.165) is 28.6 Å². The van der Waals surface area contributed by atoms with Crippen LogP contribution >= 0.6 is 0 Å². The zero-order chi connectivity index (χ0) is 32.4. The molecule has 0 saturated carbocycles. The maximum atomic E-state index is 6.72. The standard InChI is InChI=1S/C47H31NO/c1-3-16-35(17-4-1)48(36-18-5-2-6-19-36)37-28-26-32(27-29-37)38-21-13-24-42-46(38)39-20-9-10-22-40(39)47(42)41-23-11-12-25-44(41)49-45-31-34-15-8-7-14-33(34)30-43(45)47/h1-31H. The molecule has 1 spiro atoms. The monoisotopic (exact) mass is 625 g/mol. The number of fused-ring (bicyclic) bond motifs is 10. The van der Waals surface area contributed by atoms with Crippen LogP contribution in [0.15, 0.2) is 188 Å². The fourth-order valence-electron chi connectivity index (χ4n) is 8.27. The van der Waals surface area contributed by atoms with Gasteiger partial charge in [0.15, 0.2) is 0 Å². The van der Waals surface area contributed by atoms with Crippen LogP contribution in [0.2, 0.25) is 0 Å². The molecule has 0 fully saturated rings. The van der Waals surface area contributed by atoms with E-state index in [1.54, 1.807) is 0 Å². The van der Waals surface area contributed by atoms with Gasteiger partial charge in [0.05, 0.1) is 5.41 Å². The molecule has 230 valence electrons. The summed E-state index contributed by atoms with van der Waals surface area (Å²) >= 11 is 0. The van der Waals surface area contributed by atoms with Crippen LogP contribution in [0.25, 0.3) is 33.0 Å². The van der Waals surface area contributed by atoms with E-state index < -0.39 is 5.41 Å². The van der Waals surface area contributed by atoms with E-state index in [4.69, 9.17) is 4.74 Å². The van der Waals surface area contributed by atoms with Crippen molar-refractivity contribution < 1.29 is 4.74 Å². The van der Waals surface area contributed by atoms with Gasteiger partial charge in [0.1, 0.15) is 11.5 Å². The zero-order valence-electron chi connectivity index (χ0n) is 26.8. The van der Waals surface area contributed by atoms with E-state index in [1.165, 1.54) is 55.3 Å². The van der Waals surface area contributed by atoms with Crippen molar-refractivity contribution in [3.8, 4) is 33.8 Å². The minimum atomic E-state index is -0.520. The number of ether oxygens (including phenoxy) is 1. The molecular weight excluding hydrogens is 595 g/mol. The van der Waals surface area contributed by atoms with E-state index in [-0.39, 0.29) is 0 Å². The van der Waals surface area contributed by atoms with Crippen LogP contribution in [0, 0.1) is 0 Å². The first kappa shape index (κ1) is 27.7. The summed E-state index contributed by atoms with van der Waals surface area (Å²) < 4.78 is 6.72. The Balaban J connectivity index is 1.19. The topological polar surface area (TPSA) is 12.5 Å². The lowest BCUT2D eigenvalue weighted by Crippen LogP contribution is -2.32. The predicted octanol–water partition coefficient (Wildman–Crippen LogP) is 12.4. The third-order valence-electron chi connectivity index (χ3n) is 10.3. The van der Waals surface area contributed by atoms with E-state index in [0.29, 0.717) is 0 Å². The molecule has 0 N–H and O–H groups in total. The third kappa shape index (κ3) is 4.07. The molecule has 8 aromatic carbocycles. The van der Waals surface area contributed by atoms with Crippen molar-refractivity contribution >= 4 is 27.8 Å². The van der Waals surface area contributed by atoms with Gasteiger partial charge in [-0.05, 0) is 98.8 Å². The summed E-state index contributed by atoms with van der Waals surface area (Å²) in [7, 11) is 0. The van der Waals surface area contributed by atoms with Gasteiger partial charge in [-0.2, -0.15) is 0 Å². The van der Waals surface area contributed by atoms with Crippen LogP contribution in [-0.2, 0) is 5.41 Å². The second kappa shape index (κ2) is 10.8. The summed E-state index contributed by atoms with van der Waals surface area (Å²) in [6.07, 6.45) is 0. The number of hydrogen-bond acceptors (Lipinski definition) is 2. The molecule has 8 aromatic rings. The molecular formula is C47H31NO. The Morgan fingerprint density at radius 3 is 1.65 bits per heavy atom. The summed E-state index contributed by atoms with van der Waals surface area (Å²) in [5.74, 6) is 1.82. The number of rotatable bonds is 4.